The van der Waals surface area contributed by atoms with Crippen molar-refractivity contribution in [2.24, 2.45) is 0 Å². The third kappa shape index (κ3) is 7.00. The minimum Gasteiger partial charge on any atom is -0.497 e. The third-order valence-corrected chi connectivity index (χ3v) is 7.80. The van der Waals surface area contributed by atoms with Gasteiger partial charge in [0.2, 0.25) is 14.2 Å². The van der Waals surface area contributed by atoms with Crippen LogP contribution in [0, 0.1) is 0 Å². The average molecular weight is 474 g/mol. The van der Waals surface area contributed by atoms with Crippen LogP contribution in [0.4, 0.5) is 0 Å². The number of para-hydroxylation sites is 1. The Hall–Kier alpha value is -2.52. The lowest BCUT2D eigenvalue weighted by Gasteiger charge is -2.11. The second-order valence-electron chi connectivity index (χ2n) is 7.01. The number of nitrogens with zero attached hydrogens (tertiary/aromatic N) is 1. The number of sulfone groups is 1. The molecule has 8 heteroatoms. The van der Waals surface area contributed by atoms with Crippen LogP contribution in [0.3, 0.4) is 0 Å². The maximum Gasteiger partial charge on any atom is 0.210 e. The summed E-state index contributed by atoms with van der Waals surface area (Å²) in [7, 11) is -0.171. The predicted molar refractivity (Wildman–Crippen MR) is 128 cm³/mol. The van der Waals surface area contributed by atoms with Crippen LogP contribution in [0.2, 0.25) is 0 Å². The van der Waals surface area contributed by atoms with E-state index in [1.807, 2.05) is 54.6 Å². The number of ether oxygens (including phenoxy) is 3. The summed E-state index contributed by atoms with van der Waals surface area (Å²) < 4.78 is 42.3. The molecule has 0 N–H and O–H groups in total. The van der Waals surface area contributed by atoms with Crippen molar-refractivity contribution in [3.8, 4) is 5.75 Å². The standard InChI is InChI=1S/C24H27NO5S2/c1-28-20(15-16-30-18-19-11-13-21(29-2)14-12-19)8-4-3-7-17-32(26,27)24-25-22-9-5-6-10-23(22)31-24/h3-14,20H,15-18H2,1-2H3/b7-3+,8-4+/t20-/m0/s1. The van der Waals surface area contributed by atoms with Crippen LogP contribution in [-0.4, -0.2) is 46.1 Å². The van der Waals surface area contributed by atoms with Gasteiger partial charge in [-0.3, -0.25) is 0 Å². The number of rotatable bonds is 12. The van der Waals surface area contributed by atoms with Gasteiger partial charge in [-0.25, -0.2) is 13.4 Å². The summed E-state index contributed by atoms with van der Waals surface area (Å²) in [6, 6.07) is 15.2. The number of thiazole rings is 1. The number of fused-ring (bicyclic) bond motifs is 1. The molecule has 3 aromatic rings. The SMILES string of the molecule is COc1ccc(COCC[C@H](/C=C/C=C/CS(=O)(=O)c2nc3ccccc3s2)OC)cc1. The maximum atomic E-state index is 12.5. The lowest BCUT2D eigenvalue weighted by Crippen LogP contribution is -2.10. The quantitative estimate of drug-likeness (QED) is 0.278. The van der Waals surface area contributed by atoms with E-state index in [1.165, 1.54) is 11.3 Å². The highest BCUT2D eigenvalue weighted by atomic mass is 32.2. The molecule has 1 heterocycles. The first-order chi connectivity index (χ1) is 15.5. The smallest absolute Gasteiger partial charge is 0.210 e. The minimum absolute atomic E-state index is 0.0974. The van der Waals surface area contributed by atoms with Crippen LogP contribution >= 0.6 is 11.3 Å². The van der Waals surface area contributed by atoms with E-state index >= 15 is 0 Å². The van der Waals surface area contributed by atoms with E-state index in [0.717, 1.165) is 16.0 Å². The average Bonchev–Trinajstić information content (AvgIpc) is 3.26. The van der Waals surface area contributed by atoms with Crippen LogP contribution < -0.4 is 4.74 Å². The zero-order valence-corrected chi connectivity index (χ0v) is 19.8. The van der Waals surface area contributed by atoms with E-state index in [4.69, 9.17) is 14.2 Å². The summed E-state index contributed by atoms with van der Waals surface area (Å²) in [4.78, 5) is 4.24. The van der Waals surface area contributed by atoms with Crippen molar-refractivity contribution in [3.05, 3.63) is 78.4 Å². The Labute approximate surface area is 193 Å². The van der Waals surface area contributed by atoms with Crippen LogP contribution in [-0.2, 0) is 25.9 Å². The van der Waals surface area contributed by atoms with Crippen LogP contribution in [0.25, 0.3) is 10.2 Å². The molecule has 3 rings (SSSR count). The number of allylic oxidation sites excluding steroid dienone is 2. The van der Waals surface area contributed by atoms with Crippen LogP contribution in [0.1, 0.15) is 12.0 Å². The number of methoxy groups -OCH3 is 2. The lowest BCUT2D eigenvalue weighted by atomic mass is 10.2. The highest BCUT2D eigenvalue weighted by Crippen LogP contribution is 2.25. The molecule has 0 fully saturated rings. The largest absolute Gasteiger partial charge is 0.497 e. The molecule has 2 aromatic carbocycles. The van der Waals surface area contributed by atoms with Gasteiger partial charge in [0.05, 0.1) is 35.8 Å². The van der Waals surface area contributed by atoms with E-state index in [0.29, 0.717) is 25.2 Å². The Kier molecular flexibility index (Phi) is 8.99. The Balaban J connectivity index is 1.42. The number of aromatic nitrogens is 1. The molecule has 0 bridgehead atoms. The number of benzene rings is 2. The zero-order valence-electron chi connectivity index (χ0n) is 18.1. The summed E-state index contributed by atoms with van der Waals surface area (Å²) >= 11 is 1.20. The predicted octanol–water partition coefficient (Wildman–Crippen LogP) is 4.81. The second-order valence-corrected chi connectivity index (χ2v) is 10.2. The molecule has 0 radical (unpaired) electrons. The summed E-state index contributed by atoms with van der Waals surface area (Å²) in [6.07, 6.45) is 7.60. The number of hydrogen-bond acceptors (Lipinski definition) is 7. The van der Waals surface area contributed by atoms with Gasteiger partial charge in [-0.1, -0.05) is 48.6 Å². The van der Waals surface area contributed by atoms with Crippen molar-refractivity contribution in [1.82, 2.24) is 4.98 Å². The normalized spacial score (nSPS) is 13.3. The van der Waals surface area contributed by atoms with Gasteiger partial charge in [-0.2, -0.15) is 0 Å². The Morgan fingerprint density at radius 3 is 2.56 bits per heavy atom. The van der Waals surface area contributed by atoms with Gasteiger partial charge in [-0.15, -0.1) is 11.3 Å². The van der Waals surface area contributed by atoms with E-state index < -0.39 is 9.84 Å². The Bertz CT molecular complexity index is 1120. The molecule has 170 valence electrons. The van der Waals surface area contributed by atoms with Crippen molar-refractivity contribution in [2.45, 2.75) is 23.5 Å². The van der Waals surface area contributed by atoms with E-state index in [-0.39, 0.29) is 16.2 Å². The molecule has 6 nitrogen and oxygen atoms in total. The van der Waals surface area contributed by atoms with Crippen molar-refractivity contribution in [3.63, 3.8) is 0 Å². The molecule has 0 saturated heterocycles. The minimum atomic E-state index is -3.45. The van der Waals surface area contributed by atoms with Crippen molar-refractivity contribution >= 4 is 31.4 Å². The monoisotopic (exact) mass is 473 g/mol. The van der Waals surface area contributed by atoms with Gasteiger partial charge in [-0.05, 0) is 29.8 Å². The first-order valence-electron chi connectivity index (χ1n) is 10.2. The molecule has 0 spiro atoms. The van der Waals surface area contributed by atoms with E-state index in [1.54, 1.807) is 32.4 Å². The fourth-order valence-corrected chi connectivity index (χ4v) is 5.33. The molecule has 0 aliphatic rings. The van der Waals surface area contributed by atoms with E-state index in [2.05, 4.69) is 4.98 Å². The van der Waals surface area contributed by atoms with E-state index in [9.17, 15) is 8.42 Å². The van der Waals surface area contributed by atoms with Crippen LogP contribution in [0.15, 0.2) is 77.2 Å². The molecule has 0 amide bonds. The molecular formula is C24H27NO5S2. The molecular weight excluding hydrogens is 446 g/mol. The van der Waals surface area contributed by atoms with Crippen molar-refractivity contribution in [1.29, 1.82) is 0 Å². The summed E-state index contributed by atoms with van der Waals surface area (Å²) in [5.41, 5.74) is 1.78. The summed E-state index contributed by atoms with van der Waals surface area (Å²) in [5, 5.41) is 0. The first kappa shape index (κ1) is 24.1. The Morgan fingerprint density at radius 2 is 1.84 bits per heavy atom. The molecule has 0 saturated carbocycles. The molecule has 0 aliphatic carbocycles. The third-order valence-electron chi connectivity index (χ3n) is 4.71. The van der Waals surface area contributed by atoms with Gasteiger partial charge in [0.15, 0.2) is 0 Å². The highest BCUT2D eigenvalue weighted by Gasteiger charge is 2.17. The van der Waals surface area contributed by atoms with Crippen molar-refractivity contribution < 1.29 is 22.6 Å². The summed E-state index contributed by atoms with van der Waals surface area (Å²) in [6.45, 7) is 1.07. The molecule has 0 unspecified atom stereocenters. The van der Waals surface area contributed by atoms with Gasteiger partial charge in [0.25, 0.3) is 0 Å². The fourth-order valence-electron chi connectivity index (χ4n) is 2.91. The number of hydrogen-bond donors (Lipinski definition) is 0. The first-order valence-corrected chi connectivity index (χ1v) is 12.6. The fraction of sp³-hybridized carbons (Fsp3) is 0.292. The van der Waals surface area contributed by atoms with Crippen LogP contribution in [0.5, 0.6) is 5.75 Å². The van der Waals surface area contributed by atoms with Gasteiger partial charge in [0, 0.05) is 20.1 Å². The highest BCUT2D eigenvalue weighted by molar-refractivity contribution is 7.93. The Morgan fingerprint density at radius 1 is 1.06 bits per heavy atom. The van der Waals surface area contributed by atoms with Gasteiger partial charge in [0.1, 0.15) is 5.75 Å². The lowest BCUT2D eigenvalue weighted by molar-refractivity contribution is 0.0678. The maximum absolute atomic E-state index is 12.5. The topological polar surface area (TPSA) is 74.7 Å². The molecule has 32 heavy (non-hydrogen) atoms. The second kappa shape index (κ2) is 11.9. The van der Waals surface area contributed by atoms with Crippen molar-refractivity contribution in [2.75, 3.05) is 26.6 Å². The van der Waals surface area contributed by atoms with Gasteiger partial charge < -0.3 is 14.2 Å². The summed E-state index contributed by atoms with van der Waals surface area (Å²) in [5.74, 6) is 0.721. The molecule has 0 aliphatic heterocycles. The molecule has 1 atom stereocenters. The molecule has 1 aromatic heterocycles. The van der Waals surface area contributed by atoms with Gasteiger partial charge >= 0.3 is 0 Å². The zero-order chi connectivity index (χ0) is 22.8.